The topological polar surface area (TPSA) is 38.3 Å². The Morgan fingerprint density at radius 2 is 1.96 bits per heavy atom. The van der Waals surface area contributed by atoms with Crippen LogP contribution in [0.15, 0.2) is 36.4 Å². The highest BCUT2D eigenvalue weighted by Crippen LogP contribution is 2.34. The van der Waals surface area contributed by atoms with Gasteiger partial charge in [-0.05, 0) is 49.8 Å². The van der Waals surface area contributed by atoms with Crippen LogP contribution in [0.4, 0.5) is 4.39 Å². The summed E-state index contributed by atoms with van der Waals surface area (Å²) in [6.07, 6.45) is 8.68. The Labute approximate surface area is 136 Å². The van der Waals surface area contributed by atoms with Crippen molar-refractivity contribution in [1.29, 1.82) is 0 Å². The summed E-state index contributed by atoms with van der Waals surface area (Å²) in [5.74, 6) is 0.00132. The number of nitrogens with one attached hydrogen (secondary N) is 1. The maximum atomic E-state index is 13.2. The number of hydrogen-bond donors (Lipinski definition) is 1. The molecule has 124 valence electrons. The molecule has 0 unspecified atom stereocenters. The van der Waals surface area contributed by atoms with Crippen molar-refractivity contribution >= 4 is 5.91 Å². The van der Waals surface area contributed by atoms with Gasteiger partial charge in [-0.25, -0.2) is 4.39 Å². The first-order chi connectivity index (χ1) is 11.2. The summed E-state index contributed by atoms with van der Waals surface area (Å²) < 4.78 is 18.7. The van der Waals surface area contributed by atoms with Crippen LogP contribution in [0.1, 0.15) is 37.7 Å². The highest BCUT2D eigenvalue weighted by molar-refractivity contribution is 5.79. The molecule has 2 aliphatic rings. The Morgan fingerprint density at radius 1 is 1.22 bits per heavy atom. The van der Waals surface area contributed by atoms with Gasteiger partial charge in [-0.1, -0.05) is 24.3 Å². The van der Waals surface area contributed by atoms with Crippen molar-refractivity contribution in [3.05, 3.63) is 47.8 Å². The van der Waals surface area contributed by atoms with Crippen LogP contribution >= 0.6 is 0 Å². The van der Waals surface area contributed by atoms with Gasteiger partial charge in [0.25, 0.3) is 0 Å². The van der Waals surface area contributed by atoms with E-state index in [2.05, 4.69) is 17.5 Å². The normalized spacial score (nSPS) is 23.4. The molecule has 1 aromatic carbocycles. The molecule has 3 rings (SSSR count). The van der Waals surface area contributed by atoms with Crippen molar-refractivity contribution in [3.8, 4) is 0 Å². The maximum absolute atomic E-state index is 13.2. The number of rotatable bonds is 4. The minimum Gasteiger partial charge on any atom is -0.381 e. The predicted molar refractivity (Wildman–Crippen MR) is 87.6 cm³/mol. The molecule has 1 aliphatic carbocycles. The molecule has 0 bridgehead atoms. The van der Waals surface area contributed by atoms with Gasteiger partial charge in [-0.3, -0.25) is 4.79 Å². The van der Waals surface area contributed by atoms with E-state index in [-0.39, 0.29) is 23.1 Å². The molecule has 1 atom stereocenters. The van der Waals surface area contributed by atoms with Gasteiger partial charge >= 0.3 is 0 Å². The van der Waals surface area contributed by atoms with E-state index < -0.39 is 0 Å². The lowest BCUT2D eigenvalue weighted by Gasteiger charge is -2.38. The molecule has 0 spiro atoms. The van der Waals surface area contributed by atoms with Gasteiger partial charge < -0.3 is 10.1 Å². The molecule has 23 heavy (non-hydrogen) atoms. The summed E-state index contributed by atoms with van der Waals surface area (Å²) in [5, 5.41) is 3.15. The van der Waals surface area contributed by atoms with Crippen molar-refractivity contribution in [2.75, 3.05) is 19.8 Å². The summed E-state index contributed by atoms with van der Waals surface area (Å²) in [7, 11) is 0. The van der Waals surface area contributed by atoms with Crippen LogP contribution in [0.2, 0.25) is 0 Å². The lowest BCUT2D eigenvalue weighted by Crippen LogP contribution is -2.46. The van der Waals surface area contributed by atoms with Gasteiger partial charge in [0.2, 0.25) is 5.91 Å². The summed E-state index contributed by atoms with van der Waals surface area (Å²) in [6.45, 7) is 1.96. The largest absolute Gasteiger partial charge is 0.381 e. The van der Waals surface area contributed by atoms with Gasteiger partial charge in [0.15, 0.2) is 0 Å². The van der Waals surface area contributed by atoms with Gasteiger partial charge in [-0.2, -0.15) is 0 Å². The van der Waals surface area contributed by atoms with Crippen molar-refractivity contribution in [3.63, 3.8) is 0 Å². The number of carbonyl (C=O) groups is 1. The first kappa shape index (κ1) is 16.2. The summed E-state index contributed by atoms with van der Waals surface area (Å²) in [4.78, 5) is 12.4. The minimum atomic E-state index is -0.228. The van der Waals surface area contributed by atoms with Crippen molar-refractivity contribution in [2.24, 2.45) is 5.92 Å². The highest BCUT2D eigenvalue weighted by atomic mass is 19.1. The van der Waals surface area contributed by atoms with Crippen LogP contribution in [0.3, 0.4) is 0 Å². The maximum Gasteiger partial charge on any atom is 0.223 e. The van der Waals surface area contributed by atoms with Crippen LogP contribution < -0.4 is 5.32 Å². The van der Waals surface area contributed by atoms with Crippen LogP contribution in [-0.4, -0.2) is 25.7 Å². The number of carbonyl (C=O) groups excluding carboxylic acids is 1. The van der Waals surface area contributed by atoms with Crippen LogP contribution in [0.5, 0.6) is 0 Å². The molecular formula is C19H24FNO2. The fourth-order valence-electron chi connectivity index (χ4n) is 3.57. The number of halogens is 1. The lowest BCUT2D eigenvalue weighted by atomic mass is 9.74. The van der Waals surface area contributed by atoms with E-state index >= 15 is 0 Å². The molecular weight excluding hydrogens is 293 g/mol. The third-order valence-electron chi connectivity index (χ3n) is 5.15. The predicted octanol–water partition coefficient (Wildman–Crippen LogP) is 3.35. The van der Waals surface area contributed by atoms with E-state index in [0.29, 0.717) is 19.8 Å². The van der Waals surface area contributed by atoms with E-state index in [1.54, 1.807) is 0 Å². The van der Waals surface area contributed by atoms with Gasteiger partial charge in [-0.15, -0.1) is 0 Å². The Bertz CT molecular complexity index is 561. The van der Waals surface area contributed by atoms with Crippen molar-refractivity contribution in [2.45, 2.75) is 37.5 Å². The van der Waals surface area contributed by atoms with Crippen molar-refractivity contribution < 1.29 is 13.9 Å². The monoisotopic (exact) mass is 317 g/mol. The van der Waals surface area contributed by atoms with E-state index in [1.807, 2.05) is 12.1 Å². The molecule has 0 aromatic heterocycles. The van der Waals surface area contributed by atoms with E-state index in [9.17, 15) is 9.18 Å². The molecule has 1 fully saturated rings. The van der Waals surface area contributed by atoms with E-state index in [0.717, 1.165) is 37.7 Å². The second kappa shape index (κ2) is 7.26. The minimum absolute atomic E-state index is 0.0881. The third-order valence-corrected chi connectivity index (χ3v) is 5.15. The summed E-state index contributed by atoms with van der Waals surface area (Å²) in [5.41, 5.74) is 0.942. The van der Waals surface area contributed by atoms with Gasteiger partial charge in [0.05, 0.1) is 0 Å². The zero-order valence-corrected chi connectivity index (χ0v) is 13.4. The molecule has 0 radical (unpaired) electrons. The first-order valence-corrected chi connectivity index (χ1v) is 8.46. The number of amides is 1. The van der Waals surface area contributed by atoms with E-state index in [1.165, 1.54) is 12.1 Å². The fraction of sp³-hybridized carbons (Fsp3) is 0.526. The second-order valence-electron chi connectivity index (χ2n) is 6.60. The smallest absolute Gasteiger partial charge is 0.223 e. The SMILES string of the molecule is O=C(NCC1(c2ccc(F)cc2)CCOCC1)[C@H]1CC=CCC1. The summed E-state index contributed by atoms with van der Waals surface area (Å²) >= 11 is 0. The molecule has 3 nitrogen and oxygen atoms in total. The molecule has 1 heterocycles. The van der Waals surface area contributed by atoms with Crippen molar-refractivity contribution in [1.82, 2.24) is 5.32 Å². The zero-order valence-electron chi connectivity index (χ0n) is 13.4. The molecule has 0 saturated carbocycles. The molecule has 1 amide bonds. The first-order valence-electron chi connectivity index (χ1n) is 8.46. The Hall–Kier alpha value is -1.68. The Morgan fingerprint density at radius 3 is 2.61 bits per heavy atom. The average Bonchev–Trinajstić information content (AvgIpc) is 2.62. The Balaban J connectivity index is 1.70. The van der Waals surface area contributed by atoms with Gasteiger partial charge in [0.1, 0.15) is 5.82 Å². The van der Waals surface area contributed by atoms with Crippen LogP contribution in [-0.2, 0) is 14.9 Å². The van der Waals surface area contributed by atoms with Gasteiger partial charge in [0, 0.05) is 31.1 Å². The molecule has 1 aromatic rings. The molecule has 1 aliphatic heterocycles. The molecule has 1 saturated heterocycles. The Kier molecular flexibility index (Phi) is 5.11. The number of benzene rings is 1. The second-order valence-corrected chi connectivity index (χ2v) is 6.60. The standard InChI is InChI=1S/C19H24FNO2/c20-17-8-6-16(7-9-17)19(10-12-23-13-11-19)14-21-18(22)15-4-2-1-3-5-15/h1-2,6-9,15H,3-5,10-14H2,(H,21,22)/t15-/m0/s1. The van der Waals surface area contributed by atoms with Crippen LogP contribution in [0, 0.1) is 11.7 Å². The van der Waals surface area contributed by atoms with E-state index in [4.69, 9.17) is 4.74 Å². The zero-order chi connectivity index (χ0) is 16.1. The number of allylic oxidation sites excluding steroid dienone is 2. The highest BCUT2D eigenvalue weighted by Gasteiger charge is 2.35. The quantitative estimate of drug-likeness (QED) is 0.865. The number of hydrogen-bond acceptors (Lipinski definition) is 2. The number of ether oxygens (including phenoxy) is 1. The average molecular weight is 317 g/mol. The molecule has 4 heteroatoms. The molecule has 1 N–H and O–H groups in total. The lowest BCUT2D eigenvalue weighted by molar-refractivity contribution is -0.125. The summed E-state index contributed by atoms with van der Waals surface area (Å²) in [6, 6.07) is 6.69. The third kappa shape index (κ3) is 3.81. The van der Waals surface area contributed by atoms with Crippen LogP contribution in [0.25, 0.3) is 0 Å². The fourth-order valence-corrected chi connectivity index (χ4v) is 3.57.